The molecule has 0 fully saturated rings. The van der Waals surface area contributed by atoms with Crippen molar-refractivity contribution in [1.82, 2.24) is 4.90 Å². The van der Waals surface area contributed by atoms with Crippen molar-refractivity contribution in [1.29, 1.82) is 0 Å². The molecule has 12 heteroatoms. The molecule has 0 bridgehead atoms. The Balaban J connectivity index is 6.13. The van der Waals surface area contributed by atoms with Gasteiger partial charge in [0.15, 0.2) is 0 Å². The Kier molecular flexibility index (Phi) is 6.79. The Hall–Kier alpha value is -1.39. The van der Waals surface area contributed by atoms with E-state index in [-0.39, 0.29) is 12.8 Å². The summed E-state index contributed by atoms with van der Waals surface area (Å²) < 4.78 is 78.1. The summed E-state index contributed by atoms with van der Waals surface area (Å²) in [6.45, 7) is 1.09. The van der Waals surface area contributed by atoms with Gasteiger partial charge in [0.25, 0.3) is 0 Å². The summed E-state index contributed by atoms with van der Waals surface area (Å²) >= 11 is 5.32. The third kappa shape index (κ3) is 4.08. The predicted molar refractivity (Wildman–Crippen MR) is 61.9 cm³/mol. The van der Waals surface area contributed by atoms with E-state index in [1.54, 1.807) is 0 Å². The van der Waals surface area contributed by atoms with Crippen molar-refractivity contribution < 1.29 is 41.1 Å². The van der Waals surface area contributed by atoms with E-state index in [1.165, 1.54) is 6.92 Å². The van der Waals surface area contributed by atoms with E-state index in [4.69, 9.17) is 11.6 Å². The second kappa shape index (κ2) is 7.25. The van der Waals surface area contributed by atoms with E-state index in [2.05, 4.69) is 9.99 Å². The fraction of sp³-hybridized carbons (Fsp3) is 0.800. The highest BCUT2D eigenvalue weighted by molar-refractivity contribution is 6.65. The summed E-state index contributed by atoms with van der Waals surface area (Å²) in [5, 5.41) is 12.6. The summed E-state index contributed by atoms with van der Waals surface area (Å²) in [5.74, 6) is 0. The van der Waals surface area contributed by atoms with Crippen LogP contribution in [0.2, 0.25) is 0 Å². The predicted octanol–water partition coefficient (Wildman–Crippen LogP) is 2.84. The molecule has 0 unspecified atom stereocenters. The number of carbonyl (C=O) groups excluding carboxylic acids is 1. The molecule has 0 aromatic carbocycles. The van der Waals surface area contributed by atoms with E-state index >= 15 is 0 Å². The molecule has 0 aliphatic heterocycles. The molecule has 0 aliphatic carbocycles. The van der Waals surface area contributed by atoms with Crippen molar-refractivity contribution in [2.45, 2.75) is 44.8 Å². The van der Waals surface area contributed by atoms with Crippen LogP contribution >= 0.6 is 11.6 Å². The molecular weight excluding hydrogens is 346 g/mol. The van der Waals surface area contributed by atoms with Crippen LogP contribution in [-0.2, 0) is 4.84 Å². The number of amides is 1. The maximum atomic E-state index is 13.0. The fourth-order valence-electron chi connectivity index (χ4n) is 1.47. The van der Waals surface area contributed by atoms with Gasteiger partial charge in [-0.2, -0.15) is 26.3 Å². The van der Waals surface area contributed by atoms with E-state index in [0.29, 0.717) is 0 Å². The lowest BCUT2D eigenvalue weighted by molar-refractivity contribution is -0.432. The standard InChI is InChI=1S/C10H13ClF6N2O3/c1-3-5-6(11)18-22-8(9(12,13)14,10(15,16)17)19(4-2)7(20)21/h3-5H2,1-2H3,(H,20,21)/p-1. The average Bonchev–Trinajstić information content (AvgIpc) is 2.30. The lowest BCUT2D eigenvalue weighted by atomic mass is 10.1. The van der Waals surface area contributed by atoms with Crippen LogP contribution in [0.25, 0.3) is 0 Å². The zero-order chi connectivity index (χ0) is 17.8. The highest BCUT2D eigenvalue weighted by Gasteiger charge is 2.78. The van der Waals surface area contributed by atoms with Gasteiger partial charge in [-0.25, -0.2) is 0 Å². The highest BCUT2D eigenvalue weighted by atomic mass is 35.5. The van der Waals surface area contributed by atoms with Gasteiger partial charge in [0, 0.05) is 13.0 Å². The molecule has 0 N–H and O–H groups in total. The summed E-state index contributed by atoms with van der Waals surface area (Å²) in [6, 6.07) is 0. The minimum Gasteiger partial charge on any atom is -0.530 e. The van der Waals surface area contributed by atoms with Crippen LogP contribution in [0, 0.1) is 0 Å². The Morgan fingerprint density at radius 1 is 1.18 bits per heavy atom. The Morgan fingerprint density at radius 3 is 1.91 bits per heavy atom. The third-order valence-electron chi connectivity index (χ3n) is 2.42. The number of hydrogen-bond donors (Lipinski definition) is 0. The first kappa shape index (κ1) is 20.6. The van der Waals surface area contributed by atoms with Crippen molar-refractivity contribution in [2.75, 3.05) is 6.54 Å². The first-order valence-corrected chi connectivity index (χ1v) is 6.25. The van der Waals surface area contributed by atoms with Gasteiger partial charge in [0.1, 0.15) is 11.3 Å². The molecule has 0 saturated heterocycles. The van der Waals surface area contributed by atoms with Gasteiger partial charge < -0.3 is 19.6 Å². The molecule has 0 aliphatic rings. The normalized spacial score (nSPS) is 14.0. The summed E-state index contributed by atoms with van der Waals surface area (Å²) in [6.07, 6.45) is -14.9. The summed E-state index contributed by atoms with van der Waals surface area (Å²) in [5.41, 5.74) is -5.21. The average molecular weight is 358 g/mol. The maximum Gasteiger partial charge on any atom is 0.461 e. The first-order valence-electron chi connectivity index (χ1n) is 5.87. The summed E-state index contributed by atoms with van der Waals surface area (Å²) in [7, 11) is 0. The van der Waals surface area contributed by atoms with Crippen LogP contribution in [0.5, 0.6) is 0 Å². The van der Waals surface area contributed by atoms with Crippen molar-refractivity contribution in [3.63, 3.8) is 0 Å². The molecule has 0 atom stereocenters. The number of alkyl halides is 6. The number of oxime groups is 1. The van der Waals surface area contributed by atoms with Crippen molar-refractivity contribution in [2.24, 2.45) is 5.16 Å². The van der Waals surface area contributed by atoms with Crippen LogP contribution in [-0.4, -0.2) is 40.8 Å². The van der Waals surface area contributed by atoms with Gasteiger partial charge >= 0.3 is 18.1 Å². The van der Waals surface area contributed by atoms with Crippen LogP contribution in [0.4, 0.5) is 31.1 Å². The molecular formula is C10H12ClF6N2O3-. The molecule has 0 saturated carbocycles. The minimum absolute atomic E-state index is 0.148. The lowest BCUT2D eigenvalue weighted by Gasteiger charge is -2.43. The molecule has 0 spiro atoms. The quantitative estimate of drug-likeness (QED) is 0.318. The SMILES string of the molecule is CCCC(Cl)=NOC(N(CC)C(=O)[O-])(C(F)(F)F)C(F)(F)F. The number of nitrogens with zero attached hydrogens (tertiary/aromatic N) is 2. The van der Waals surface area contributed by atoms with Gasteiger partial charge in [-0.15, -0.1) is 0 Å². The zero-order valence-corrected chi connectivity index (χ0v) is 12.1. The first-order chi connectivity index (χ1) is 9.85. The van der Waals surface area contributed by atoms with Gasteiger partial charge in [-0.3, -0.25) is 0 Å². The molecule has 0 aromatic heterocycles. The third-order valence-corrected chi connectivity index (χ3v) is 2.68. The molecule has 22 heavy (non-hydrogen) atoms. The van der Waals surface area contributed by atoms with Gasteiger partial charge in [-0.05, 0) is 13.3 Å². The second-order valence-electron chi connectivity index (χ2n) is 3.96. The Bertz CT molecular complexity index is 410. The lowest BCUT2D eigenvalue weighted by Crippen LogP contribution is -2.71. The minimum atomic E-state index is -6.17. The Morgan fingerprint density at radius 2 is 1.64 bits per heavy atom. The highest BCUT2D eigenvalue weighted by Crippen LogP contribution is 2.48. The van der Waals surface area contributed by atoms with Gasteiger partial charge in [0.2, 0.25) is 0 Å². The smallest absolute Gasteiger partial charge is 0.461 e. The molecule has 0 rings (SSSR count). The molecule has 0 aromatic rings. The second-order valence-corrected chi connectivity index (χ2v) is 4.39. The van der Waals surface area contributed by atoms with Crippen LogP contribution in [0.3, 0.4) is 0 Å². The Labute approximate surface area is 126 Å². The largest absolute Gasteiger partial charge is 0.530 e. The topological polar surface area (TPSA) is 65.0 Å². The van der Waals surface area contributed by atoms with E-state index < -0.39 is 40.8 Å². The number of halogens is 7. The molecule has 0 radical (unpaired) electrons. The van der Waals surface area contributed by atoms with E-state index in [1.807, 2.05) is 0 Å². The number of carbonyl (C=O) groups is 1. The van der Waals surface area contributed by atoms with E-state index in [9.17, 15) is 36.2 Å². The fourth-order valence-corrected chi connectivity index (χ4v) is 1.69. The van der Waals surface area contributed by atoms with E-state index in [0.717, 1.165) is 6.92 Å². The van der Waals surface area contributed by atoms with Crippen LogP contribution in [0.1, 0.15) is 26.7 Å². The molecule has 5 nitrogen and oxygen atoms in total. The van der Waals surface area contributed by atoms with Crippen molar-refractivity contribution in [3.05, 3.63) is 0 Å². The van der Waals surface area contributed by atoms with Gasteiger partial charge in [-0.1, -0.05) is 23.7 Å². The summed E-state index contributed by atoms with van der Waals surface area (Å²) in [4.78, 5) is 13.2. The van der Waals surface area contributed by atoms with Crippen LogP contribution in [0.15, 0.2) is 5.16 Å². The molecule has 0 heterocycles. The molecule has 130 valence electrons. The van der Waals surface area contributed by atoms with Crippen molar-refractivity contribution >= 4 is 22.9 Å². The maximum absolute atomic E-state index is 13.0. The monoisotopic (exact) mass is 357 g/mol. The number of carboxylic acid groups (broad SMARTS) is 1. The van der Waals surface area contributed by atoms with Crippen LogP contribution < -0.4 is 5.11 Å². The zero-order valence-electron chi connectivity index (χ0n) is 11.4. The number of rotatable bonds is 6. The molecule has 1 amide bonds. The van der Waals surface area contributed by atoms with Crippen molar-refractivity contribution in [3.8, 4) is 0 Å². The number of hydrogen-bond acceptors (Lipinski definition) is 4. The van der Waals surface area contributed by atoms with Gasteiger partial charge in [0.05, 0.1) is 0 Å².